The first-order valence-electron chi connectivity index (χ1n) is 9.68. The van der Waals surface area contributed by atoms with E-state index in [4.69, 9.17) is 4.74 Å². The lowest BCUT2D eigenvalue weighted by Crippen LogP contribution is -2.57. The molecule has 0 saturated carbocycles. The van der Waals surface area contributed by atoms with Gasteiger partial charge in [0.2, 0.25) is 0 Å². The van der Waals surface area contributed by atoms with Gasteiger partial charge in [-0.3, -0.25) is 4.99 Å². The van der Waals surface area contributed by atoms with Gasteiger partial charge in [0.05, 0.1) is 12.8 Å². The minimum Gasteiger partial charge on any atom is -0.495 e. The number of thioether (sulfide) groups is 1. The third kappa shape index (κ3) is 4.46. The number of ether oxygens (including phenoxy) is 1. The third-order valence-corrected chi connectivity index (χ3v) is 7.06. The smallest absolute Gasteiger partial charge is 0.193 e. The van der Waals surface area contributed by atoms with Crippen LogP contribution in [0.25, 0.3) is 0 Å². The van der Waals surface area contributed by atoms with Gasteiger partial charge in [-0.1, -0.05) is 12.1 Å². The summed E-state index contributed by atoms with van der Waals surface area (Å²) in [6, 6.07) is 8.26. The summed E-state index contributed by atoms with van der Waals surface area (Å²) in [7, 11) is 8.02. The van der Waals surface area contributed by atoms with E-state index in [-0.39, 0.29) is 5.54 Å². The van der Waals surface area contributed by atoms with Crippen LogP contribution in [0, 0.1) is 0 Å². The second kappa shape index (κ2) is 9.06. The molecule has 27 heavy (non-hydrogen) atoms. The van der Waals surface area contributed by atoms with Gasteiger partial charge in [0, 0.05) is 51.1 Å². The van der Waals surface area contributed by atoms with Gasteiger partial charge in [-0.2, -0.15) is 11.8 Å². The van der Waals surface area contributed by atoms with Gasteiger partial charge in [-0.15, -0.1) is 0 Å². The quantitative estimate of drug-likeness (QED) is 0.610. The van der Waals surface area contributed by atoms with Crippen molar-refractivity contribution in [3.8, 4) is 5.75 Å². The van der Waals surface area contributed by atoms with Crippen LogP contribution in [0.15, 0.2) is 29.3 Å². The first-order valence-corrected chi connectivity index (χ1v) is 10.8. The van der Waals surface area contributed by atoms with Gasteiger partial charge in [-0.25, -0.2) is 0 Å². The van der Waals surface area contributed by atoms with Gasteiger partial charge < -0.3 is 24.8 Å². The summed E-state index contributed by atoms with van der Waals surface area (Å²) in [6.45, 7) is 4.81. The van der Waals surface area contributed by atoms with Crippen molar-refractivity contribution < 1.29 is 4.74 Å². The Hall–Kier alpha value is -1.60. The number of nitrogens with one attached hydrogen (secondary N) is 1. The minimum absolute atomic E-state index is 0.236. The van der Waals surface area contributed by atoms with Crippen molar-refractivity contribution >= 4 is 23.4 Å². The molecule has 1 unspecified atom stereocenters. The average Bonchev–Trinajstić information content (AvgIpc) is 3.19. The summed E-state index contributed by atoms with van der Waals surface area (Å²) < 4.78 is 5.53. The zero-order valence-corrected chi connectivity index (χ0v) is 17.9. The van der Waals surface area contributed by atoms with Crippen LogP contribution in [0.4, 0.5) is 5.69 Å². The minimum atomic E-state index is 0.236. The first-order chi connectivity index (χ1) is 13.1. The highest BCUT2D eigenvalue weighted by Crippen LogP contribution is 2.31. The van der Waals surface area contributed by atoms with Gasteiger partial charge in [0.25, 0.3) is 0 Å². The second-order valence-corrected chi connectivity index (χ2v) is 8.57. The molecule has 1 atom stereocenters. The molecule has 0 spiro atoms. The largest absolute Gasteiger partial charge is 0.495 e. The zero-order chi connectivity index (χ0) is 19.3. The molecule has 0 radical (unpaired) electrons. The van der Waals surface area contributed by atoms with Gasteiger partial charge in [-0.05, 0) is 38.4 Å². The van der Waals surface area contributed by atoms with E-state index in [1.165, 1.54) is 23.6 Å². The molecule has 2 aliphatic heterocycles. The fourth-order valence-corrected chi connectivity index (χ4v) is 5.43. The number of methoxy groups -OCH3 is 1. The molecule has 0 aliphatic carbocycles. The van der Waals surface area contributed by atoms with Crippen LogP contribution < -0.4 is 15.0 Å². The number of aliphatic imine (C=N–C) groups is 1. The van der Waals surface area contributed by atoms with E-state index in [1.54, 1.807) is 7.11 Å². The SMILES string of the molecule is CN=C(NCC1(N(C)C)CCSC1)N1CCN(c2ccccc2OC)CC1. The van der Waals surface area contributed by atoms with E-state index < -0.39 is 0 Å². The molecule has 6 nitrogen and oxygen atoms in total. The molecule has 150 valence electrons. The molecule has 0 amide bonds. The average molecular weight is 392 g/mol. The fourth-order valence-electron chi connectivity index (χ4n) is 3.87. The number of benzene rings is 1. The molecule has 1 aromatic rings. The molecule has 3 rings (SSSR count). The summed E-state index contributed by atoms with van der Waals surface area (Å²) in [5.41, 5.74) is 1.41. The standard InChI is InChI=1S/C20H33N5OS/c1-21-19(22-15-20(23(2)3)9-14-27-16-20)25-12-10-24(11-13-25)17-7-5-6-8-18(17)26-4/h5-8H,9-16H2,1-4H3,(H,21,22). The zero-order valence-electron chi connectivity index (χ0n) is 17.1. The van der Waals surface area contributed by atoms with Crippen LogP contribution in [0.2, 0.25) is 0 Å². The number of piperazine rings is 1. The van der Waals surface area contributed by atoms with Crippen molar-refractivity contribution in [3.05, 3.63) is 24.3 Å². The van der Waals surface area contributed by atoms with E-state index in [2.05, 4.69) is 63.0 Å². The number of guanidine groups is 1. The maximum absolute atomic E-state index is 5.53. The normalized spacial score (nSPS) is 23.8. The Kier molecular flexibility index (Phi) is 6.76. The number of para-hydroxylation sites is 2. The predicted molar refractivity (Wildman–Crippen MR) is 117 cm³/mol. The Balaban J connectivity index is 1.57. The van der Waals surface area contributed by atoms with E-state index in [0.29, 0.717) is 0 Å². The summed E-state index contributed by atoms with van der Waals surface area (Å²) in [6.07, 6.45) is 1.23. The van der Waals surface area contributed by atoms with Crippen LogP contribution in [-0.4, -0.2) is 93.8 Å². The van der Waals surface area contributed by atoms with Crippen molar-refractivity contribution in [1.29, 1.82) is 0 Å². The number of hydrogen-bond acceptors (Lipinski definition) is 5. The van der Waals surface area contributed by atoms with Crippen molar-refractivity contribution in [3.63, 3.8) is 0 Å². The molecule has 1 aromatic carbocycles. The van der Waals surface area contributed by atoms with Crippen LogP contribution in [0.5, 0.6) is 5.75 Å². The van der Waals surface area contributed by atoms with Crippen LogP contribution >= 0.6 is 11.8 Å². The highest BCUT2D eigenvalue weighted by molar-refractivity contribution is 7.99. The molecule has 1 N–H and O–H groups in total. The fraction of sp³-hybridized carbons (Fsp3) is 0.650. The number of nitrogens with zero attached hydrogens (tertiary/aromatic N) is 4. The third-order valence-electron chi connectivity index (χ3n) is 5.82. The Labute approximate surface area is 167 Å². The molecule has 2 fully saturated rings. The highest BCUT2D eigenvalue weighted by atomic mass is 32.2. The number of hydrogen-bond donors (Lipinski definition) is 1. The number of anilines is 1. The number of rotatable bonds is 5. The van der Waals surface area contributed by atoms with Gasteiger partial charge in [0.15, 0.2) is 5.96 Å². The molecule has 2 heterocycles. The number of likely N-dealkylation sites (N-methyl/N-ethyl adjacent to an activating group) is 1. The van der Waals surface area contributed by atoms with Crippen molar-refractivity contribution in [2.24, 2.45) is 4.99 Å². The Morgan fingerprint density at radius 2 is 2.00 bits per heavy atom. The Morgan fingerprint density at radius 1 is 1.26 bits per heavy atom. The van der Waals surface area contributed by atoms with Gasteiger partial charge in [0.1, 0.15) is 5.75 Å². The summed E-state index contributed by atoms with van der Waals surface area (Å²) in [5, 5.41) is 3.66. The molecular formula is C20H33N5OS. The maximum atomic E-state index is 5.53. The highest BCUT2D eigenvalue weighted by Gasteiger charge is 2.37. The van der Waals surface area contributed by atoms with Crippen molar-refractivity contribution in [2.45, 2.75) is 12.0 Å². The summed E-state index contributed by atoms with van der Waals surface area (Å²) in [4.78, 5) is 11.7. The first kappa shape index (κ1) is 20.1. The summed E-state index contributed by atoms with van der Waals surface area (Å²) in [5.74, 6) is 4.40. The lowest BCUT2D eigenvalue weighted by molar-refractivity contribution is 0.181. The molecular weight excluding hydrogens is 358 g/mol. The Morgan fingerprint density at radius 3 is 2.59 bits per heavy atom. The van der Waals surface area contributed by atoms with Crippen LogP contribution in [0.3, 0.4) is 0 Å². The van der Waals surface area contributed by atoms with Crippen LogP contribution in [-0.2, 0) is 0 Å². The van der Waals surface area contributed by atoms with E-state index >= 15 is 0 Å². The van der Waals surface area contributed by atoms with E-state index in [1.807, 2.05) is 19.2 Å². The Bertz CT molecular complexity index is 637. The lowest BCUT2D eigenvalue weighted by atomic mass is 9.97. The molecule has 7 heteroatoms. The van der Waals surface area contributed by atoms with Crippen molar-refractivity contribution in [1.82, 2.24) is 15.1 Å². The summed E-state index contributed by atoms with van der Waals surface area (Å²) >= 11 is 2.05. The van der Waals surface area contributed by atoms with E-state index in [9.17, 15) is 0 Å². The molecule has 2 saturated heterocycles. The van der Waals surface area contributed by atoms with Gasteiger partial charge >= 0.3 is 0 Å². The molecule has 2 aliphatic rings. The predicted octanol–water partition coefficient (Wildman–Crippen LogP) is 1.83. The van der Waals surface area contributed by atoms with Crippen molar-refractivity contribution in [2.75, 3.05) is 77.4 Å². The topological polar surface area (TPSA) is 43.3 Å². The maximum Gasteiger partial charge on any atom is 0.193 e. The molecule has 0 aromatic heterocycles. The monoisotopic (exact) mass is 391 g/mol. The lowest BCUT2D eigenvalue weighted by Gasteiger charge is -2.40. The second-order valence-electron chi connectivity index (χ2n) is 7.47. The van der Waals surface area contributed by atoms with E-state index in [0.717, 1.165) is 44.4 Å². The molecule has 0 bridgehead atoms. The van der Waals surface area contributed by atoms with Crippen LogP contribution in [0.1, 0.15) is 6.42 Å².